The second kappa shape index (κ2) is 10.3. The highest BCUT2D eigenvalue weighted by molar-refractivity contribution is 7.98. The highest BCUT2D eigenvalue weighted by atomic mass is 32.2. The standard InChI is InChI=1S/C25H35BN2O3S/c1-6-22(29)28-32-21-17-11-16-20(27)23(21)19(15-10-14-18-12-8-7-9-13-18)26-30-24(2,3)25(4,5)31-26/h7-9,11-13,16-17,19H,6,10,14-15,27H2,1-5H3,(H,28,29)/t19-/m1/s1. The fourth-order valence-corrected chi connectivity index (χ4v) is 4.76. The quantitative estimate of drug-likeness (QED) is 0.296. The zero-order chi connectivity index (χ0) is 23.4. The third-order valence-corrected chi connectivity index (χ3v) is 7.40. The van der Waals surface area contributed by atoms with Crippen molar-refractivity contribution in [2.75, 3.05) is 5.73 Å². The van der Waals surface area contributed by atoms with E-state index < -0.39 is 18.3 Å². The molecule has 2 aromatic carbocycles. The summed E-state index contributed by atoms with van der Waals surface area (Å²) in [5.41, 5.74) is 8.65. The van der Waals surface area contributed by atoms with E-state index in [1.165, 1.54) is 17.5 Å². The molecule has 0 bridgehead atoms. The van der Waals surface area contributed by atoms with Crippen LogP contribution < -0.4 is 10.5 Å². The van der Waals surface area contributed by atoms with Gasteiger partial charge >= 0.3 is 7.12 Å². The Kier molecular flexibility index (Phi) is 7.96. The molecule has 5 nitrogen and oxygen atoms in total. The lowest BCUT2D eigenvalue weighted by Gasteiger charge is -2.32. The largest absolute Gasteiger partial charge is 0.465 e. The first-order valence-corrected chi connectivity index (χ1v) is 12.2. The van der Waals surface area contributed by atoms with Gasteiger partial charge in [-0.25, -0.2) is 0 Å². The number of benzene rings is 2. The lowest BCUT2D eigenvalue weighted by molar-refractivity contribution is -0.118. The highest BCUT2D eigenvalue weighted by Gasteiger charge is 2.54. The Morgan fingerprint density at radius 1 is 1.06 bits per heavy atom. The van der Waals surface area contributed by atoms with Gasteiger partial charge in [0.1, 0.15) is 0 Å². The summed E-state index contributed by atoms with van der Waals surface area (Å²) in [6.07, 6.45) is 3.23. The molecule has 1 fully saturated rings. The summed E-state index contributed by atoms with van der Waals surface area (Å²) < 4.78 is 15.8. The Balaban J connectivity index is 1.89. The molecule has 3 rings (SSSR count). The van der Waals surface area contributed by atoms with Crippen LogP contribution in [0.2, 0.25) is 0 Å². The number of nitrogen functional groups attached to an aromatic ring is 1. The maximum absolute atomic E-state index is 11.9. The van der Waals surface area contributed by atoms with E-state index in [1.807, 2.05) is 31.2 Å². The van der Waals surface area contributed by atoms with Crippen LogP contribution in [0.3, 0.4) is 0 Å². The highest BCUT2D eigenvalue weighted by Crippen LogP contribution is 2.45. The lowest BCUT2D eigenvalue weighted by atomic mass is 9.65. The molecule has 2 aromatic rings. The maximum atomic E-state index is 11.9. The van der Waals surface area contributed by atoms with Crippen LogP contribution in [0.1, 0.15) is 70.8 Å². The molecule has 3 N–H and O–H groups in total. The fourth-order valence-electron chi connectivity index (χ4n) is 3.87. The van der Waals surface area contributed by atoms with Gasteiger partial charge < -0.3 is 15.0 Å². The number of carbonyl (C=O) groups is 1. The summed E-state index contributed by atoms with van der Waals surface area (Å²) in [4.78, 5) is 12.8. The Morgan fingerprint density at radius 3 is 2.34 bits per heavy atom. The van der Waals surface area contributed by atoms with Crippen molar-refractivity contribution >= 4 is 30.7 Å². The average molecular weight is 454 g/mol. The molecular weight excluding hydrogens is 419 g/mol. The van der Waals surface area contributed by atoms with Crippen molar-refractivity contribution in [2.24, 2.45) is 0 Å². The van der Waals surface area contributed by atoms with E-state index in [1.54, 1.807) is 0 Å². The second-order valence-electron chi connectivity index (χ2n) is 9.35. The van der Waals surface area contributed by atoms with Crippen LogP contribution in [0.15, 0.2) is 53.4 Å². The van der Waals surface area contributed by atoms with Crippen molar-refractivity contribution in [3.05, 3.63) is 59.7 Å². The number of nitrogens with one attached hydrogen (secondary N) is 1. The average Bonchev–Trinajstić information content (AvgIpc) is 2.97. The maximum Gasteiger partial charge on any atom is 0.465 e. The van der Waals surface area contributed by atoms with Gasteiger partial charge in [-0.15, -0.1) is 0 Å². The molecule has 0 unspecified atom stereocenters. The second-order valence-corrected chi connectivity index (χ2v) is 10.2. The van der Waals surface area contributed by atoms with Gasteiger partial charge in [0.05, 0.1) is 11.2 Å². The Bertz CT molecular complexity index is 905. The first-order valence-electron chi connectivity index (χ1n) is 11.4. The van der Waals surface area contributed by atoms with E-state index in [0.717, 1.165) is 29.7 Å². The number of hydrogen-bond acceptors (Lipinski definition) is 5. The van der Waals surface area contributed by atoms with E-state index in [2.05, 4.69) is 56.7 Å². The normalized spacial score (nSPS) is 17.8. The van der Waals surface area contributed by atoms with Crippen molar-refractivity contribution in [3.8, 4) is 0 Å². The van der Waals surface area contributed by atoms with Crippen LogP contribution in [-0.2, 0) is 20.5 Å². The van der Waals surface area contributed by atoms with E-state index in [-0.39, 0.29) is 11.7 Å². The zero-order valence-electron chi connectivity index (χ0n) is 19.8. The molecule has 0 aromatic heterocycles. The number of anilines is 1. The number of rotatable bonds is 9. The summed E-state index contributed by atoms with van der Waals surface area (Å²) in [6, 6.07) is 16.3. The molecule has 0 spiro atoms. The minimum Gasteiger partial charge on any atom is -0.403 e. The van der Waals surface area contributed by atoms with Crippen molar-refractivity contribution in [1.82, 2.24) is 4.72 Å². The predicted molar refractivity (Wildman–Crippen MR) is 133 cm³/mol. The molecule has 1 atom stereocenters. The summed E-state index contributed by atoms with van der Waals surface area (Å²) in [7, 11) is -0.415. The topological polar surface area (TPSA) is 73.6 Å². The molecule has 1 aliphatic rings. The van der Waals surface area contributed by atoms with Crippen LogP contribution in [0.25, 0.3) is 0 Å². The van der Waals surface area contributed by atoms with E-state index in [9.17, 15) is 4.79 Å². The number of nitrogens with two attached hydrogens (primary N) is 1. The molecule has 0 aliphatic carbocycles. The molecule has 1 aliphatic heterocycles. The Hall–Kier alpha value is -1.96. The van der Waals surface area contributed by atoms with Crippen LogP contribution in [0.4, 0.5) is 5.69 Å². The van der Waals surface area contributed by atoms with Gasteiger partial charge in [0.15, 0.2) is 0 Å². The minimum absolute atomic E-state index is 0.0142. The number of amides is 1. The predicted octanol–water partition coefficient (Wildman–Crippen LogP) is 5.54. The third-order valence-electron chi connectivity index (χ3n) is 6.49. The van der Waals surface area contributed by atoms with Crippen molar-refractivity contribution in [1.29, 1.82) is 0 Å². The van der Waals surface area contributed by atoms with Gasteiger partial charge in [-0.2, -0.15) is 0 Å². The Labute approximate surface area is 197 Å². The summed E-state index contributed by atoms with van der Waals surface area (Å²) >= 11 is 1.32. The molecule has 7 heteroatoms. The van der Waals surface area contributed by atoms with Crippen molar-refractivity contribution in [3.63, 3.8) is 0 Å². The van der Waals surface area contributed by atoms with Gasteiger partial charge in [0, 0.05) is 22.8 Å². The monoisotopic (exact) mass is 454 g/mol. The number of aryl methyl sites for hydroxylation is 1. The molecule has 0 saturated carbocycles. The van der Waals surface area contributed by atoms with Crippen LogP contribution in [0, 0.1) is 0 Å². The van der Waals surface area contributed by atoms with E-state index >= 15 is 0 Å². The van der Waals surface area contributed by atoms with Crippen LogP contribution in [0.5, 0.6) is 0 Å². The number of carbonyl (C=O) groups excluding carboxylic acids is 1. The summed E-state index contributed by atoms with van der Waals surface area (Å²) in [5.74, 6) is -0.0679. The smallest absolute Gasteiger partial charge is 0.403 e. The first-order chi connectivity index (χ1) is 15.1. The van der Waals surface area contributed by atoms with E-state index in [4.69, 9.17) is 15.0 Å². The number of hydrogen-bond donors (Lipinski definition) is 2. The Morgan fingerprint density at radius 2 is 1.72 bits per heavy atom. The van der Waals surface area contributed by atoms with Gasteiger partial charge in [-0.05, 0) is 82.2 Å². The molecule has 1 heterocycles. The molecule has 1 saturated heterocycles. The van der Waals surface area contributed by atoms with Crippen molar-refractivity contribution in [2.45, 2.75) is 82.2 Å². The van der Waals surface area contributed by atoms with Crippen molar-refractivity contribution < 1.29 is 14.1 Å². The van der Waals surface area contributed by atoms with Gasteiger partial charge in [-0.1, -0.05) is 43.3 Å². The van der Waals surface area contributed by atoms with Gasteiger partial charge in [-0.3, -0.25) is 9.52 Å². The first kappa shape index (κ1) is 24.7. The molecule has 32 heavy (non-hydrogen) atoms. The minimum atomic E-state index is -0.428. The lowest BCUT2D eigenvalue weighted by Crippen LogP contribution is -2.41. The molecule has 1 amide bonds. The van der Waals surface area contributed by atoms with Gasteiger partial charge in [0.25, 0.3) is 0 Å². The van der Waals surface area contributed by atoms with Crippen LogP contribution in [-0.4, -0.2) is 24.2 Å². The molecule has 0 radical (unpaired) electrons. The fraction of sp³-hybridized carbons (Fsp3) is 0.480. The van der Waals surface area contributed by atoms with Crippen LogP contribution >= 0.6 is 11.9 Å². The summed E-state index contributed by atoms with van der Waals surface area (Å²) in [5, 5.41) is 0. The third kappa shape index (κ3) is 5.69. The summed E-state index contributed by atoms with van der Waals surface area (Å²) in [6.45, 7) is 10.1. The van der Waals surface area contributed by atoms with Gasteiger partial charge in [0.2, 0.25) is 5.91 Å². The molecular formula is C25H35BN2O3S. The SMILES string of the molecule is CCC(=O)NSc1cccc(N)c1[C@@H](CCCc1ccccc1)B1OC(C)(C)C(C)(C)O1. The molecule has 172 valence electrons. The van der Waals surface area contributed by atoms with E-state index in [0.29, 0.717) is 12.1 Å². The zero-order valence-corrected chi connectivity index (χ0v) is 20.6.